The number of ether oxygens (including phenoxy) is 8. The third-order valence-electron chi connectivity index (χ3n) is 24.3. The number of fused-ring (bicyclic) bond motifs is 24. The zero-order valence-corrected chi connectivity index (χ0v) is 75.6. The smallest absolute Gasteiger partial charge is 0.269 e. The maximum absolute atomic E-state index is 12.7. The number of hydrogen-bond donors (Lipinski definition) is 2. The molecule has 4 aliphatic rings. The number of nitro groups is 2. The molecule has 3 aromatic heterocycles. The van der Waals surface area contributed by atoms with E-state index in [-0.39, 0.29) is 21.2 Å². The highest BCUT2D eigenvalue weighted by Gasteiger charge is 2.30. The Bertz CT molecular complexity index is 6030. The molecular weight excluding hydrogens is 1620 g/mol. The highest BCUT2D eigenvalue weighted by atomic mass is 16.6. The summed E-state index contributed by atoms with van der Waals surface area (Å²) < 4.78 is 56.2. The average molecular weight is 1730 g/mol. The third kappa shape index (κ3) is 18.8. The molecule has 2 N–H and O–H groups in total. The maximum atomic E-state index is 12.7. The van der Waals surface area contributed by atoms with Gasteiger partial charge in [0.2, 0.25) is 0 Å². The summed E-state index contributed by atoms with van der Waals surface area (Å²) >= 11 is 0. The minimum absolute atomic E-state index is 0.0561. The molecule has 2 aliphatic heterocycles. The molecule has 0 radical (unpaired) electrons. The normalized spacial score (nSPS) is 12.6. The van der Waals surface area contributed by atoms with Crippen molar-refractivity contribution >= 4 is 57.7 Å². The predicted octanol–water partition coefficient (Wildman–Crippen LogP) is 26.8. The molecule has 0 fully saturated rings. The lowest BCUT2D eigenvalue weighted by Crippen LogP contribution is -2.10. The zero-order chi connectivity index (χ0) is 89.7. The summed E-state index contributed by atoms with van der Waals surface area (Å²) in [6.45, 7) is 21.1. The molecular formula is C112H112N6O12. The van der Waals surface area contributed by atoms with Crippen molar-refractivity contribution in [1.29, 1.82) is 0 Å². The van der Waals surface area contributed by atoms with E-state index in [0.717, 1.165) is 209 Å². The molecule has 2 aliphatic carbocycles. The molecule has 0 amide bonds. The van der Waals surface area contributed by atoms with Crippen LogP contribution in [0.5, 0.6) is 46.0 Å². The number of hydrogen-bond acceptors (Lipinski definition) is 14. The molecule has 17 rings (SSSR count). The summed E-state index contributed by atoms with van der Waals surface area (Å²) in [5.74, 6) is 6.59. The van der Waals surface area contributed by atoms with Gasteiger partial charge in [-0.15, -0.1) is 0 Å². The van der Waals surface area contributed by atoms with Crippen molar-refractivity contribution in [3.8, 4) is 90.5 Å². The van der Waals surface area contributed by atoms with Gasteiger partial charge in [0, 0.05) is 120 Å². The summed E-state index contributed by atoms with van der Waals surface area (Å²) in [6, 6.07) is 69.7. The summed E-state index contributed by atoms with van der Waals surface area (Å²) in [4.78, 5) is 44.4. The first-order chi connectivity index (χ1) is 63.7. The van der Waals surface area contributed by atoms with Gasteiger partial charge < -0.3 is 47.9 Å². The van der Waals surface area contributed by atoms with Crippen LogP contribution >= 0.6 is 0 Å². The molecule has 0 saturated carbocycles. The molecule has 5 heterocycles. The van der Waals surface area contributed by atoms with Crippen LogP contribution in [0.2, 0.25) is 0 Å². The van der Waals surface area contributed by atoms with Gasteiger partial charge in [-0.05, 0) is 260 Å². The van der Waals surface area contributed by atoms with Crippen LogP contribution < -0.4 is 37.9 Å². The molecule has 0 saturated heterocycles. The number of rotatable bonds is 30. The minimum Gasteiger partial charge on any atom is -0.493 e. The molecule has 130 heavy (non-hydrogen) atoms. The molecule has 24 bridgehead atoms. The first kappa shape index (κ1) is 88.0. The fourth-order valence-corrected chi connectivity index (χ4v) is 18.5. The molecule has 18 nitrogen and oxygen atoms in total. The molecule has 10 aromatic carbocycles. The number of nitrogens with one attached hydrogen (secondary N) is 2. The Balaban J connectivity index is 0.957. The van der Waals surface area contributed by atoms with E-state index < -0.39 is 0 Å². The minimum atomic E-state index is -0.374. The van der Waals surface area contributed by atoms with Gasteiger partial charge in [0.05, 0.1) is 85.5 Å². The topological polar surface area (TPSA) is 217 Å². The second-order valence-electron chi connectivity index (χ2n) is 34.0. The van der Waals surface area contributed by atoms with Crippen LogP contribution in [-0.2, 0) is 51.4 Å². The van der Waals surface area contributed by atoms with Crippen LogP contribution in [0, 0.1) is 20.2 Å². The van der Waals surface area contributed by atoms with Gasteiger partial charge in [-0.3, -0.25) is 20.2 Å². The number of nitro benzene ring substituents is 2. The van der Waals surface area contributed by atoms with Crippen molar-refractivity contribution < 1.29 is 47.7 Å². The van der Waals surface area contributed by atoms with Crippen molar-refractivity contribution in [2.24, 2.45) is 0 Å². The largest absolute Gasteiger partial charge is 0.493 e. The van der Waals surface area contributed by atoms with Crippen molar-refractivity contribution in [3.05, 3.63) is 338 Å². The molecule has 662 valence electrons. The number of benzene rings is 10. The van der Waals surface area contributed by atoms with E-state index in [2.05, 4.69) is 235 Å². The van der Waals surface area contributed by atoms with E-state index in [1.165, 1.54) is 0 Å². The fourth-order valence-electron chi connectivity index (χ4n) is 18.5. The molecule has 18 heteroatoms. The van der Waals surface area contributed by atoms with Crippen molar-refractivity contribution in [2.75, 3.05) is 52.9 Å². The van der Waals surface area contributed by atoms with Gasteiger partial charge in [0.25, 0.3) is 11.4 Å². The van der Waals surface area contributed by atoms with E-state index in [0.29, 0.717) is 171 Å². The van der Waals surface area contributed by atoms with E-state index >= 15 is 0 Å². The lowest BCUT2D eigenvalue weighted by atomic mass is 9.89. The summed E-state index contributed by atoms with van der Waals surface area (Å²) in [5.41, 5.74) is 27.1. The second-order valence-corrected chi connectivity index (χ2v) is 34.0. The molecule has 13 aromatic rings. The van der Waals surface area contributed by atoms with Crippen LogP contribution in [-0.4, -0.2) is 82.6 Å². The summed E-state index contributed by atoms with van der Waals surface area (Å²) in [5, 5.41) is 25.4. The van der Waals surface area contributed by atoms with Crippen LogP contribution in [0.15, 0.2) is 206 Å². The standard InChI is InChI=1S/C112H112N6O12/c1-9-51-123-105-73-23-17-24-74(105)60-78-28-20-32-82(108(78)126-54-12-4)64-88-68-85(67-87(111(88)129-57-15-7)63-81-31-19-27-77(59-73)107(81)125-53-11-3)103-97-47-43-93(113-97)101(71-35-39-91(40-36-71)117(119)120)95-45-49-99(115-95)104(100-50-46-96(116-100)102(94-44-48-98(103)114-94)72-37-41-92(42-38-72)118(121)122)86-69-89-65-83-33-21-29-79(109(83)127-55-13-5)61-75-25-18-26-76(106(75)124-52-10-2)62-80-30-22-34-84(110(80)128-56-14-6)66-90(70-86)112(89)130-58-16-8/h17-50,67-70,113,116H,9-16,51-66H2,1-8H3. The second kappa shape index (κ2) is 40.5. The number of non-ortho nitro benzene ring substituents is 2. The Hall–Kier alpha value is -14.0. The van der Waals surface area contributed by atoms with Crippen LogP contribution in [0.3, 0.4) is 0 Å². The van der Waals surface area contributed by atoms with Crippen LogP contribution in [0.4, 0.5) is 11.4 Å². The van der Waals surface area contributed by atoms with Crippen molar-refractivity contribution in [1.82, 2.24) is 19.9 Å². The van der Waals surface area contributed by atoms with Crippen molar-refractivity contribution in [2.45, 2.75) is 158 Å². The highest BCUT2D eigenvalue weighted by Crippen LogP contribution is 2.48. The first-order valence-corrected chi connectivity index (χ1v) is 46.4. The van der Waals surface area contributed by atoms with Crippen molar-refractivity contribution in [3.63, 3.8) is 0 Å². The Kier molecular flexibility index (Phi) is 27.5. The highest BCUT2D eigenvalue weighted by molar-refractivity contribution is 6.00. The van der Waals surface area contributed by atoms with Crippen LogP contribution in [0.25, 0.3) is 90.9 Å². The van der Waals surface area contributed by atoms with Gasteiger partial charge in [-0.25, -0.2) is 9.97 Å². The maximum Gasteiger partial charge on any atom is 0.269 e. The number of H-pyrrole nitrogens is 2. The van der Waals surface area contributed by atoms with E-state index in [9.17, 15) is 20.2 Å². The zero-order valence-electron chi connectivity index (χ0n) is 75.6. The van der Waals surface area contributed by atoms with Gasteiger partial charge in [-0.1, -0.05) is 165 Å². The quantitative estimate of drug-likeness (QED) is 0.0316. The van der Waals surface area contributed by atoms with Crippen LogP contribution in [0.1, 0.15) is 219 Å². The van der Waals surface area contributed by atoms with Gasteiger partial charge in [-0.2, -0.15) is 0 Å². The van der Waals surface area contributed by atoms with Gasteiger partial charge in [0.1, 0.15) is 46.0 Å². The van der Waals surface area contributed by atoms with Gasteiger partial charge in [0.15, 0.2) is 0 Å². The fraction of sp³-hybridized carbons (Fsp3) is 0.286. The number of nitrogens with zero attached hydrogens (tertiary/aromatic N) is 4. The Morgan fingerprint density at radius 1 is 0.246 bits per heavy atom. The number of aromatic nitrogens is 4. The summed E-state index contributed by atoms with van der Waals surface area (Å²) in [7, 11) is 0. The Morgan fingerprint density at radius 2 is 0.423 bits per heavy atom. The number of para-hydroxylation sites is 6. The monoisotopic (exact) mass is 1730 g/mol. The Labute approximate surface area is 760 Å². The van der Waals surface area contributed by atoms with E-state index in [1.807, 2.05) is 12.2 Å². The lowest BCUT2D eigenvalue weighted by molar-refractivity contribution is -0.385. The predicted molar refractivity (Wildman–Crippen MR) is 521 cm³/mol. The molecule has 0 unspecified atom stereocenters. The molecule has 0 spiro atoms. The average Bonchev–Trinajstić information content (AvgIpc) is 1.50. The first-order valence-electron chi connectivity index (χ1n) is 46.4. The third-order valence-corrected chi connectivity index (χ3v) is 24.3. The van der Waals surface area contributed by atoms with E-state index in [1.54, 1.807) is 48.5 Å². The Morgan fingerprint density at radius 3 is 0.608 bits per heavy atom. The van der Waals surface area contributed by atoms with E-state index in [4.69, 9.17) is 47.9 Å². The number of aromatic amines is 2. The van der Waals surface area contributed by atoms with Gasteiger partial charge >= 0.3 is 0 Å². The summed E-state index contributed by atoms with van der Waals surface area (Å²) in [6.07, 6.45) is 18.5. The lowest BCUT2D eigenvalue weighted by Gasteiger charge is -2.23. The SMILES string of the molecule is CCCOc1c2cccc1Cc1cccc(c1OCCC)Cc1cc(-c3c4nc(c(-c5ccc([N+](=O)[O-])cc5)c5ccc([nH]5)c(-c5cc6c(OCCC)c(c5)Cc5cccc(c5OCCC)Cc5cccc(c5OCCC)Cc5cccc(c5OCCC)C6)c5nc(c(-c6ccc([N+](=O)[O-])cc6)c6ccc3[nH]6)C=C5)C=C4)cc(c1OCCC)Cc1cccc(c1OCCC)C2. The molecule has 0 atom stereocenters.